The molecule has 26 heavy (non-hydrogen) atoms. The van der Waals surface area contributed by atoms with Crippen molar-refractivity contribution < 1.29 is 9.52 Å². The average molecular weight is 349 g/mol. The fraction of sp³-hybridized carbons (Fsp3) is 0.318. The Morgan fingerprint density at radius 2 is 2.08 bits per heavy atom. The topological polar surface area (TPSA) is 62.5 Å². The van der Waals surface area contributed by atoms with Gasteiger partial charge in [0.25, 0.3) is 0 Å². The molecule has 0 radical (unpaired) electrons. The van der Waals surface area contributed by atoms with Gasteiger partial charge in [0.2, 0.25) is 0 Å². The summed E-state index contributed by atoms with van der Waals surface area (Å²) in [7, 11) is 0. The van der Waals surface area contributed by atoms with E-state index in [1.807, 2.05) is 13.0 Å². The Hall–Kier alpha value is -2.59. The van der Waals surface area contributed by atoms with Gasteiger partial charge < -0.3 is 14.8 Å². The molecule has 1 atom stereocenters. The lowest BCUT2D eigenvalue weighted by Gasteiger charge is -2.26. The van der Waals surface area contributed by atoms with Gasteiger partial charge in [-0.3, -0.25) is 0 Å². The van der Waals surface area contributed by atoms with Crippen LogP contribution in [-0.2, 0) is 19.4 Å². The highest BCUT2D eigenvalue weighted by atomic mass is 16.4. The number of hydrogen-bond donors (Lipinski definition) is 2. The fourth-order valence-electron chi connectivity index (χ4n) is 3.99. The molecule has 1 aliphatic rings. The van der Waals surface area contributed by atoms with E-state index in [1.165, 1.54) is 17.2 Å². The van der Waals surface area contributed by atoms with E-state index < -0.39 is 0 Å². The van der Waals surface area contributed by atoms with Crippen LogP contribution in [0.15, 0.2) is 51.7 Å². The Labute approximate surface area is 152 Å². The number of hydrogen-bond acceptors (Lipinski definition) is 4. The molecule has 4 heteroatoms. The Bertz CT molecular complexity index is 1010. The van der Waals surface area contributed by atoms with Crippen LogP contribution in [0.2, 0.25) is 0 Å². The number of nitrogens with one attached hydrogen (secondary N) is 1. The summed E-state index contributed by atoms with van der Waals surface area (Å²) < 4.78 is 5.47. The van der Waals surface area contributed by atoms with Crippen molar-refractivity contribution in [1.29, 1.82) is 0 Å². The van der Waals surface area contributed by atoms with Crippen LogP contribution in [0.25, 0.3) is 11.0 Å². The van der Waals surface area contributed by atoms with Gasteiger partial charge in [-0.25, -0.2) is 4.79 Å². The molecule has 0 amide bonds. The van der Waals surface area contributed by atoms with Gasteiger partial charge >= 0.3 is 5.63 Å². The average Bonchev–Trinajstić information content (AvgIpc) is 2.66. The molecular formula is C22H23NO3. The predicted molar refractivity (Wildman–Crippen MR) is 102 cm³/mol. The third kappa shape index (κ3) is 3.01. The van der Waals surface area contributed by atoms with Crippen LogP contribution in [0.5, 0.6) is 5.75 Å². The summed E-state index contributed by atoms with van der Waals surface area (Å²) >= 11 is 0. The van der Waals surface area contributed by atoms with E-state index in [0.29, 0.717) is 17.7 Å². The predicted octanol–water partition coefficient (Wildman–Crippen LogP) is 4.23. The molecule has 1 aromatic heterocycles. The first-order chi connectivity index (χ1) is 12.7. The van der Waals surface area contributed by atoms with Crippen LogP contribution < -0.4 is 10.9 Å². The maximum atomic E-state index is 11.9. The summed E-state index contributed by atoms with van der Waals surface area (Å²) in [6, 6.07) is 13.8. The second-order valence-electron chi connectivity index (χ2n) is 6.91. The first kappa shape index (κ1) is 16.9. The van der Waals surface area contributed by atoms with Gasteiger partial charge in [0.05, 0.1) is 5.56 Å². The molecule has 3 aromatic rings. The zero-order valence-electron chi connectivity index (χ0n) is 14.9. The molecule has 0 aliphatic heterocycles. The smallest absolute Gasteiger partial charge is 0.336 e. The first-order valence-corrected chi connectivity index (χ1v) is 9.26. The van der Waals surface area contributed by atoms with E-state index in [0.717, 1.165) is 36.6 Å². The molecule has 1 heterocycles. The van der Waals surface area contributed by atoms with Crippen molar-refractivity contribution in [3.8, 4) is 5.75 Å². The molecule has 2 aromatic carbocycles. The number of rotatable bonds is 4. The van der Waals surface area contributed by atoms with E-state index in [9.17, 15) is 9.90 Å². The zero-order chi connectivity index (χ0) is 18.1. The van der Waals surface area contributed by atoms with Crippen LogP contribution in [0.1, 0.15) is 48.1 Å². The molecule has 4 rings (SSSR count). The normalized spacial score (nSPS) is 16.6. The number of aromatic hydroxyl groups is 1. The van der Waals surface area contributed by atoms with Gasteiger partial charge in [-0.15, -0.1) is 0 Å². The summed E-state index contributed by atoms with van der Waals surface area (Å²) in [5.74, 6) is 0.158. The monoisotopic (exact) mass is 349 g/mol. The lowest BCUT2D eigenvalue weighted by Crippen LogP contribution is -2.25. The van der Waals surface area contributed by atoms with Crippen molar-refractivity contribution in [2.75, 3.05) is 0 Å². The molecule has 4 nitrogen and oxygen atoms in total. The Kier molecular flexibility index (Phi) is 4.51. The Morgan fingerprint density at radius 1 is 1.23 bits per heavy atom. The highest BCUT2D eigenvalue weighted by Gasteiger charge is 2.20. The maximum absolute atomic E-state index is 11.9. The van der Waals surface area contributed by atoms with Crippen LogP contribution in [0.4, 0.5) is 0 Å². The van der Waals surface area contributed by atoms with Crippen molar-refractivity contribution in [1.82, 2.24) is 5.32 Å². The van der Waals surface area contributed by atoms with E-state index in [1.54, 1.807) is 6.07 Å². The van der Waals surface area contributed by atoms with Crippen molar-refractivity contribution in [3.05, 3.63) is 75.1 Å². The molecule has 0 fully saturated rings. The minimum Gasteiger partial charge on any atom is -0.507 e. The van der Waals surface area contributed by atoms with E-state index in [4.69, 9.17) is 4.42 Å². The lowest BCUT2D eigenvalue weighted by atomic mass is 9.87. The molecule has 2 N–H and O–H groups in total. The summed E-state index contributed by atoms with van der Waals surface area (Å²) in [5, 5.41) is 14.8. The second kappa shape index (κ2) is 6.96. The molecule has 0 saturated heterocycles. The maximum Gasteiger partial charge on any atom is 0.336 e. The quantitative estimate of drug-likeness (QED) is 0.692. The van der Waals surface area contributed by atoms with Crippen molar-refractivity contribution >= 4 is 11.0 Å². The zero-order valence-corrected chi connectivity index (χ0v) is 14.9. The van der Waals surface area contributed by atoms with Gasteiger partial charge in [-0.05, 0) is 54.5 Å². The van der Waals surface area contributed by atoms with Gasteiger partial charge in [0.15, 0.2) is 0 Å². The standard InChI is InChI=1S/C22H23NO3/c1-2-14-12-21(25)26-22-17(14)10-11-20(24)18(22)13-23-19-9-5-7-15-6-3-4-8-16(15)19/h3-4,6,8,10-12,19,23-24H,2,5,7,9,13H2,1H3/t19-/m1/s1. The summed E-state index contributed by atoms with van der Waals surface area (Å²) in [4.78, 5) is 11.9. The molecule has 0 bridgehead atoms. The van der Waals surface area contributed by atoms with Crippen LogP contribution >= 0.6 is 0 Å². The molecule has 0 saturated carbocycles. The summed E-state index contributed by atoms with van der Waals surface area (Å²) in [6.45, 7) is 2.47. The van der Waals surface area contributed by atoms with Crippen LogP contribution in [-0.4, -0.2) is 5.11 Å². The van der Waals surface area contributed by atoms with E-state index in [-0.39, 0.29) is 17.4 Å². The fourth-order valence-corrected chi connectivity index (χ4v) is 3.99. The lowest BCUT2D eigenvalue weighted by molar-refractivity contribution is 0.434. The number of fused-ring (bicyclic) bond motifs is 2. The molecule has 0 unspecified atom stereocenters. The van der Waals surface area contributed by atoms with Crippen molar-refractivity contribution in [2.24, 2.45) is 0 Å². The molecular weight excluding hydrogens is 326 g/mol. The number of phenols is 1. The Morgan fingerprint density at radius 3 is 2.92 bits per heavy atom. The molecule has 0 spiro atoms. The van der Waals surface area contributed by atoms with Crippen LogP contribution in [0, 0.1) is 0 Å². The van der Waals surface area contributed by atoms with Gasteiger partial charge in [0, 0.05) is 24.0 Å². The third-order valence-corrected chi connectivity index (χ3v) is 5.35. The third-order valence-electron chi connectivity index (χ3n) is 5.35. The molecule has 1 aliphatic carbocycles. The highest BCUT2D eigenvalue weighted by molar-refractivity contribution is 5.85. The number of phenolic OH excluding ortho intramolecular Hbond substituents is 1. The summed E-state index contributed by atoms with van der Waals surface area (Å²) in [6.07, 6.45) is 4.07. The highest BCUT2D eigenvalue weighted by Crippen LogP contribution is 2.32. The summed E-state index contributed by atoms with van der Waals surface area (Å²) in [5.41, 5.74) is 4.43. The van der Waals surface area contributed by atoms with Crippen LogP contribution in [0.3, 0.4) is 0 Å². The number of benzene rings is 2. The van der Waals surface area contributed by atoms with Crippen molar-refractivity contribution in [2.45, 2.75) is 45.2 Å². The van der Waals surface area contributed by atoms with Crippen molar-refractivity contribution in [3.63, 3.8) is 0 Å². The van der Waals surface area contributed by atoms with E-state index in [2.05, 4.69) is 29.6 Å². The van der Waals surface area contributed by atoms with Gasteiger partial charge in [-0.2, -0.15) is 0 Å². The Balaban J connectivity index is 1.69. The SMILES string of the molecule is CCc1cc(=O)oc2c(CN[C@@H]3CCCc4ccccc43)c(O)ccc12. The van der Waals surface area contributed by atoms with Gasteiger partial charge in [-0.1, -0.05) is 31.2 Å². The van der Waals surface area contributed by atoms with Gasteiger partial charge in [0.1, 0.15) is 11.3 Å². The number of aryl methyl sites for hydroxylation is 2. The van der Waals surface area contributed by atoms with E-state index >= 15 is 0 Å². The minimum atomic E-state index is -0.371. The second-order valence-corrected chi connectivity index (χ2v) is 6.91. The first-order valence-electron chi connectivity index (χ1n) is 9.26. The largest absolute Gasteiger partial charge is 0.507 e. The molecule has 134 valence electrons. The minimum absolute atomic E-state index is 0.158.